The predicted octanol–water partition coefficient (Wildman–Crippen LogP) is 3.11. The van der Waals surface area contributed by atoms with Crippen LogP contribution < -0.4 is 5.32 Å². The Balaban J connectivity index is 1.84. The van der Waals surface area contributed by atoms with Gasteiger partial charge in [0, 0.05) is 22.3 Å². The molecule has 2 N–H and O–H groups in total. The first-order valence-corrected chi connectivity index (χ1v) is 9.98. The maximum atomic E-state index is 13.4. The van der Waals surface area contributed by atoms with Crippen LogP contribution in [0.15, 0.2) is 70.5 Å². The van der Waals surface area contributed by atoms with Gasteiger partial charge in [0.05, 0.1) is 17.7 Å². The molecule has 0 radical (unpaired) electrons. The van der Waals surface area contributed by atoms with E-state index in [9.17, 15) is 24.0 Å². The van der Waals surface area contributed by atoms with Crippen molar-refractivity contribution < 1.29 is 38.9 Å². The lowest BCUT2D eigenvalue weighted by molar-refractivity contribution is -0.177. The average Bonchev–Trinajstić information content (AvgIpc) is 2.84. The quantitative estimate of drug-likeness (QED) is 0.389. The Morgan fingerprint density at radius 3 is 1.82 bits per heavy atom. The van der Waals surface area contributed by atoms with E-state index in [1.165, 1.54) is 24.3 Å². The van der Waals surface area contributed by atoms with Crippen LogP contribution in [0.5, 0.6) is 0 Å². The Kier molecular flexibility index (Phi) is 5.91. The number of carbonyl (C=O) groups is 5. The maximum Gasteiger partial charge on any atom is 0.438 e. The molecule has 0 aromatic heterocycles. The number of nitrogens with one attached hydrogen (secondary N) is 1. The molecule has 0 atom stereocenters. The molecule has 0 saturated carbocycles. The summed E-state index contributed by atoms with van der Waals surface area (Å²) >= 11 is 6.27. The van der Waals surface area contributed by atoms with E-state index in [1.807, 2.05) is 0 Å². The van der Waals surface area contributed by atoms with Crippen LogP contribution in [0.3, 0.4) is 0 Å². The molecule has 0 fully saturated rings. The van der Waals surface area contributed by atoms with Gasteiger partial charge in [-0.25, -0.2) is 4.79 Å². The van der Waals surface area contributed by atoms with Crippen LogP contribution in [-0.4, -0.2) is 47.6 Å². The number of hydrogen-bond donors (Lipinski definition) is 2. The molecule has 4 rings (SSSR count). The highest BCUT2D eigenvalue weighted by Gasteiger charge is 2.42. The zero-order chi connectivity index (χ0) is 23.7. The zero-order valence-electron chi connectivity index (χ0n) is 16.7. The molecule has 0 unspecified atom stereocenters. The third-order valence-electron chi connectivity index (χ3n) is 5.09. The summed E-state index contributed by atoms with van der Waals surface area (Å²) < 4.78 is 5.50. The minimum atomic E-state index is -1.15. The molecular weight excluding hydrogens is 454 g/mol. The summed E-state index contributed by atoms with van der Waals surface area (Å²) in [6, 6.07) is 12.0. The van der Waals surface area contributed by atoms with E-state index >= 15 is 0 Å². The number of fused-ring (bicyclic) bond motifs is 2. The van der Waals surface area contributed by atoms with Gasteiger partial charge >= 0.3 is 6.09 Å². The fourth-order valence-electron chi connectivity index (χ4n) is 3.62. The topological polar surface area (TPSA) is 136 Å². The number of ketones is 4. The van der Waals surface area contributed by atoms with E-state index in [0.29, 0.717) is 0 Å². The molecule has 1 amide bonds. The van der Waals surface area contributed by atoms with Crippen molar-refractivity contribution in [2.75, 3.05) is 13.2 Å². The summed E-state index contributed by atoms with van der Waals surface area (Å²) in [4.78, 5) is 67.2. The van der Waals surface area contributed by atoms with E-state index in [2.05, 4.69) is 10.2 Å². The highest BCUT2D eigenvalue weighted by molar-refractivity contribution is 6.52. The van der Waals surface area contributed by atoms with Gasteiger partial charge in [0.2, 0.25) is 11.6 Å². The van der Waals surface area contributed by atoms with Crippen LogP contribution in [0.1, 0.15) is 41.4 Å². The van der Waals surface area contributed by atoms with Crippen molar-refractivity contribution in [2.45, 2.75) is 0 Å². The summed E-state index contributed by atoms with van der Waals surface area (Å²) in [6.07, 6.45) is -1.15. The number of hydrogen-bond acceptors (Lipinski definition) is 8. The number of amides is 1. The second kappa shape index (κ2) is 8.81. The summed E-state index contributed by atoms with van der Waals surface area (Å²) in [5, 5.41) is 9.93. The summed E-state index contributed by atoms with van der Waals surface area (Å²) in [5.74, 6) is -3.25. The second-order valence-electron chi connectivity index (χ2n) is 6.95. The Hall–Kier alpha value is -4.08. The van der Waals surface area contributed by atoms with E-state index in [-0.39, 0.29) is 35.4 Å². The molecule has 0 bridgehead atoms. The first kappa shape index (κ1) is 22.1. The molecule has 10 heteroatoms. The lowest BCUT2D eigenvalue weighted by Crippen LogP contribution is -2.32. The van der Waals surface area contributed by atoms with Gasteiger partial charge in [0.1, 0.15) is 11.6 Å². The Morgan fingerprint density at radius 2 is 1.27 bits per heavy atom. The predicted molar refractivity (Wildman–Crippen MR) is 113 cm³/mol. The van der Waals surface area contributed by atoms with E-state index in [4.69, 9.17) is 21.6 Å². The third-order valence-corrected chi connectivity index (χ3v) is 5.45. The monoisotopic (exact) mass is 467 g/mol. The maximum absolute atomic E-state index is 13.4. The number of carbonyl (C=O) groups excluding carboxylic acids is 5. The molecule has 2 aliphatic carbocycles. The van der Waals surface area contributed by atoms with Crippen LogP contribution in [0, 0.1) is 0 Å². The normalized spacial score (nSPS) is 15.3. The lowest BCUT2D eigenvalue weighted by atomic mass is 9.79. The van der Waals surface area contributed by atoms with Crippen molar-refractivity contribution in [3.8, 4) is 0 Å². The third kappa shape index (κ3) is 3.73. The van der Waals surface area contributed by atoms with Crippen molar-refractivity contribution in [3.63, 3.8) is 0 Å². The molecule has 0 aliphatic heterocycles. The van der Waals surface area contributed by atoms with E-state index < -0.39 is 51.2 Å². The van der Waals surface area contributed by atoms with Crippen molar-refractivity contribution in [3.05, 3.63) is 92.7 Å². The van der Waals surface area contributed by atoms with Gasteiger partial charge in [-0.2, -0.15) is 5.26 Å². The number of Topliss-reactive ketones (excluding diaryl/α,β-unsaturated/α-hetero) is 4. The number of rotatable bonds is 5. The average molecular weight is 468 g/mol. The van der Waals surface area contributed by atoms with Crippen LogP contribution >= 0.6 is 11.6 Å². The van der Waals surface area contributed by atoms with Gasteiger partial charge in [-0.15, -0.1) is 0 Å². The van der Waals surface area contributed by atoms with E-state index in [1.54, 1.807) is 24.3 Å². The molecule has 0 saturated heterocycles. The number of halogens is 1. The largest absolute Gasteiger partial charge is 0.487 e. The van der Waals surface area contributed by atoms with Crippen molar-refractivity contribution in [2.24, 2.45) is 0 Å². The Morgan fingerprint density at radius 1 is 0.788 bits per heavy atom. The van der Waals surface area contributed by atoms with Crippen LogP contribution in [-0.2, 0) is 9.62 Å². The molecule has 33 heavy (non-hydrogen) atoms. The molecule has 2 aromatic rings. The van der Waals surface area contributed by atoms with Crippen molar-refractivity contribution in [1.29, 1.82) is 0 Å². The SMILES string of the molecule is O=C(NCCOC1=C(C2=C(Cl)C(=O)c3ccccc3C2=O)C(=O)c2ccccc2C1=O)OO. The Bertz CT molecular complexity index is 1310. The lowest BCUT2D eigenvalue weighted by Gasteiger charge is -2.25. The summed E-state index contributed by atoms with van der Waals surface area (Å²) in [5.41, 5.74) is -0.646. The second-order valence-corrected chi connectivity index (χ2v) is 7.33. The van der Waals surface area contributed by atoms with Gasteiger partial charge in [-0.3, -0.25) is 24.1 Å². The minimum absolute atomic E-state index is 0.0305. The smallest absolute Gasteiger partial charge is 0.438 e. The van der Waals surface area contributed by atoms with Gasteiger partial charge in [0.15, 0.2) is 17.3 Å². The van der Waals surface area contributed by atoms with E-state index in [0.717, 1.165) is 0 Å². The standard InChI is InChI=1S/C23H14ClNO8/c24-17-15(18(26)11-5-1-3-7-13(11)20(17)28)16-19(27)12-6-2-4-8-14(12)21(29)22(16)32-10-9-25-23(30)33-31/h1-8,31H,9-10H2,(H,25,30). The molecule has 166 valence electrons. The van der Waals surface area contributed by atoms with Gasteiger partial charge < -0.3 is 10.1 Å². The minimum Gasteiger partial charge on any atom is -0.487 e. The van der Waals surface area contributed by atoms with Crippen LogP contribution in [0.2, 0.25) is 0 Å². The molecule has 2 aromatic carbocycles. The fourth-order valence-corrected chi connectivity index (χ4v) is 3.91. The highest BCUT2D eigenvalue weighted by Crippen LogP contribution is 2.38. The van der Waals surface area contributed by atoms with Crippen molar-refractivity contribution >= 4 is 40.8 Å². The molecule has 0 heterocycles. The molecule has 2 aliphatic rings. The van der Waals surface area contributed by atoms with Crippen LogP contribution in [0.4, 0.5) is 4.79 Å². The van der Waals surface area contributed by atoms with Gasteiger partial charge in [0.25, 0.3) is 0 Å². The highest BCUT2D eigenvalue weighted by atomic mass is 35.5. The number of allylic oxidation sites excluding steroid dienone is 4. The molecule has 0 spiro atoms. The fraction of sp³-hybridized carbons (Fsp3) is 0.0870. The van der Waals surface area contributed by atoms with Gasteiger partial charge in [-0.05, 0) is 0 Å². The first-order chi connectivity index (χ1) is 15.9. The van der Waals surface area contributed by atoms with Crippen molar-refractivity contribution in [1.82, 2.24) is 5.32 Å². The first-order valence-electron chi connectivity index (χ1n) is 9.60. The Labute approximate surface area is 191 Å². The summed E-state index contributed by atoms with van der Waals surface area (Å²) in [6.45, 7) is -0.527. The molecular formula is C23H14ClNO8. The molecule has 9 nitrogen and oxygen atoms in total. The summed E-state index contributed by atoms with van der Waals surface area (Å²) in [7, 11) is 0. The zero-order valence-corrected chi connectivity index (χ0v) is 17.5. The van der Waals surface area contributed by atoms with Gasteiger partial charge in [-0.1, -0.05) is 60.1 Å². The number of ether oxygens (including phenoxy) is 1. The number of benzene rings is 2. The van der Waals surface area contributed by atoms with Crippen LogP contribution in [0.25, 0.3) is 0 Å².